The summed E-state index contributed by atoms with van der Waals surface area (Å²) in [5.74, 6) is 3.27. The SMILES string of the molecule is CC1C2CC(CC2Oc2cccc(O)c2)C1(C)C. The fourth-order valence-corrected chi connectivity index (χ4v) is 3.96. The summed E-state index contributed by atoms with van der Waals surface area (Å²) >= 11 is 0. The van der Waals surface area contributed by atoms with Crippen LogP contribution in [-0.4, -0.2) is 11.2 Å². The van der Waals surface area contributed by atoms with Gasteiger partial charge in [-0.3, -0.25) is 0 Å². The Balaban J connectivity index is 1.74. The van der Waals surface area contributed by atoms with Crippen molar-refractivity contribution in [3.63, 3.8) is 0 Å². The van der Waals surface area contributed by atoms with Crippen LogP contribution in [0.15, 0.2) is 24.3 Å². The number of phenols is 1. The first kappa shape index (κ1) is 11.9. The molecule has 0 spiro atoms. The lowest BCUT2D eigenvalue weighted by Crippen LogP contribution is -2.38. The molecule has 2 saturated carbocycles. The van der Waals surface area contributed by atoms with Crippen LogP contribution >= 0.6 is 0 Å². The van der Waals surface area contributed by atoms with Crippen molar-refractivity contribution in [3.8, 4) is 11.5 Å². The van der Waals surface area contributed by atoms with Crippen LogP contribution in [0.25, 0.3) is 0 Å². The van der Waals surface area contributed by atoms with E-state index in [1.807, 2.05) is 12.1 Å². The van der Waals surface area contributed by atoms with Gasteiger partial charge in [-0.1, -0.05) is 26.8 Å². The summed E-state index contributed by atoms with van der Waals surface area (Å²) in [6, 6.07) is 7.16. The molecular formula is C16H22O2. The lowest BCUT2D eigenvalue weighted by molar-refractivity contribution is 0.0387. The summed E-state index contributed by atoms with van der Waals surface area (Å²) in [4.78, 5) is 0. The van der Waals surface area contributed by atoms with Gasteiger partial charge in [-0.15, -0.1) is 0 Å². The Morgan fingerprint density at radius 1 is 1.28 bits per heavy atom. The van der Waals surface area contributed by atoms with Gasteiger partial charge in [-0.05, 0) is 48.1 Å². The van der Waals surface area contributed by atoms with Gasteiger partial charge in [0.25, 0.3) is 0 Å². The molecule has 2 aliphatic carbocycles. The average Bonchev–Trinajstić information content (AvgIpc) is 2.79. The van der Waals surface area contributed by atoms with E-state index in [0.717, 1.165) is 24.0 Å². The first-order valence-electron chi connectivity index (χ1n) is 6.94. The van der Waals surface area contributed by atoms with Crippen LogP contribution in [-0.2, 0) is 0 Å². The van der Waals surface area contributed by atoms with Crippen molar-refractivity contribution < 1.29 is 9.84 Å². The van der Waals surface area contributed by atoms with E-state index < -0.39 is 0 Å². The number of benzene rings is 1. The molecule has 2 bridgehead atoms. The molecule has 4 atom stereocenters. The van der Waals surface area contributed by atoms with Crippen molar-refractivity contribution in [2.24, 2.45) is 23.2 Å². The maximum atomic E-state index is 9.47. The zero-order valence-corrected chi connectivity index (χ0v) is 11.4. The molecule has 2 heteroatoms. The zero-order chi connectivity index (χ0) is 12.9. The minimum Gasteiger partial charge on any atom is -0.508 e. The molecule has 1 aromatic rings. The zero-order valence-electron chi connectivity index (χ0n) is 11.4. The fourth-order valence-electron chi connectivity index (χ4n) is 3.96. The highest BCUT2D eigenvalue weighted by Crippen LogP contribution is 2.59. The van der Waals surface area contributed by atoms with Crippen LogP contribution in [0.2, 0.25) is 0 Å². The van der Waals surface area contributed by atoms with Crippen molar-refractivity contribution in [3.05, 3.63) is 24.3 Å². The monoisotopic (exact) mass is 246 g/mol. The highest BCUT2D eigenvalue weighted by molar-refractivity contribution is 5.32. The molecule has 0 aliphatic heterocycles. The molecule has 2 nitrogen and oxygen atoms in total. The van der Waals surface area contributed by atoms with Gasteiger partial charge in [-0.25, -0.2) is 0 Å². The Bertz CT molecular complexity index is 448. The van der Waals surface area contributed by atoms with Gasteiger partial charge in [0, 0.05) is 6.07 Å². The van der Waals surface area contributed by atoms with Crippen LogP contribution < -0.4 is 4.74 Å². The normalized spacial score (nSPS) is 36.8. The minimum absolute atomic E-state index is 0.282. The molecule has 0 radical (unpaired) electrons. The van der Waals surface area contributed by atoms with Gasteiger partial charge in [0.15, 0.2) is 0 Å². The molecule has 2 fully saturated rings. The maximum Gasteiger partial charge on any atom is 0.123 e. The predicted octanol–water partition coefficient (Wildman–Crippen LogP) is 3.84. The first-order chi connectivity index (χ1) is 8.48. The Hall–Kier alpha value is -1.18. The van der Waals surface area contributed by atoms with Crippen LogP contribution in [0.1, 0.15) is 33.6 Å². The van der Waals surface area contributed by atoms with Crippen LogP contribution in [0, 0.1) is 23.2 Å². The molecular weight excluding hydrogens is 224 g/mol. The summed E-state index contributed by atoms with van der Waals surface area (Å²) in [6.45, 7) is 7.16. The topological polar surface area (TPSA) is 29.5 Å². The minimum atomic E-state index is 0.282. The highest BCUT2D eigenvalue weighted by atomic mass is 16.5. The lowest BCUT2D eigenvalue weighted by Gasteiger charge is -2.39. The van der Waals surface area contributed by atoms with Crippen molar-refractivity contribution in [2.45, 2.75) is 39.7 Å². The van der Waals surface area contributed by atoms with E-state index in [9.17, 15) is 5.11 Å². The number of rotatable bonds is 2. The van der Waals surface area contributed by atoms with Gasteiger partial charge in [0.2, 0.25) is 0 Å². The molecule has 1 N–H and O–H groups in total. The quantitative estimate of drug-likeness (QED) is 0.859. The second kappa shape index (κ2) is 3.91. The van der Waals surface area contributed by atoms with Crippen molar-refractivity contribution in [2.75, 3.05) is 0 Å². The molecule has 98 valence electrons. The predicted molar refractivity (Wildman–Crippen MR) is 71.7 cm³/mol. The van der Waals surface area contributed by atoms with Gasteiger partial charge in [0.1, 0.15) is 17.6 Å². The van der Waals surface area contributed by atoms with Gasteiger partial charge in [-0.2, -0.15) is 0 Å². The fraction of sp³-hybridized carbons (Fsp3) is 0.625. The van der Waals surface area contributed by atoms with E-state index in [4.69, 9.17) is 4.74 Å². The highest BCUT2D eigenvalue weighted by Gasteiger charge is 2.55. The molecule has 0 aromatic heterocycles. The van der Waals surface area contributed by atoms with Crippen LogP contribution in [0.4, 0.5) is 0 Å². The number of hydrogen-bond donors (Lipinski definition) is 1. The second-order valence-electron chi connectivity index (χ2n) is 6.60. The summed E-state index contributed by atoms with van der Waals surface area (Å²) in [6.07, 6.45) is 2.80. The number of phenolic OH excluding ortho intramolecular Hbond substituents is 1. The molecule has 0 saturated heterocycles. The summed E-state index contributed by atoms with van der Waals surface area (Å²) in [5, 5.41) is 9.47. The van der Waals surface area contributed by atoms with E-state index in [2.05, 4.69) is 20.8 Å². The van der Waals surface area contributed by atoms with Gasteiger partial charge < -0.3 is 9.84 Å². The van der Waals surface area contributed by atoms with Crippen molar-refractivity contribution >= 4 is 0 Å². The molecule has 3 rings (SSSR count). The summed E-state index contributed by atoms with van der Waals surface area (Å²) < 4.78 is 6.09. The summed E-state index contributed by atoms with van der Waals surface area (Å²) in [7, 11) is 0. The average molecular weight is 246 g/mol. The van der Waals surface area contributed by atoms with Gasteiger partial charge >= 0.3 is 0 Å². The third kappa shape index (κ3) is 1.70. The first-order valence-corrected chi connectivity index (χ1v) is 6.94. The molecule has 1 aromatic carbocycles. The smallest absolute Gasteiger partial charge is 0.123 e. The van der Waals surface area contributed by atoms with E-state index >= 15 is 0 Å². The molecule has 2 aliphatic rings. The maximum absolute atomic E-state index is 9.47. The Labute approximate surface area is 109 Å². The third-order valence-corrected chi connectivity index (χ3v) is 5.52. The number of fused-ring (bicyclic) bond motifs is 2. The summed E-state index contributed by atoms with van der Waals surface area (Å²) in [5.41, 5.74) is 0.462. The van der Waals surface area contributed by atoms with Crippen LogP contribution in [0.5, 0.6) is 11.5 Å². The molecule has 0 amide bonds. The third-order valence-electron chi connectivity index (χ3n) is 5.52. The van der Waals surface area contributed by atoms with E-state index in [1.165, 1.54) is 6.42 Å². The van der Waals surface area contributed by atoms with E-state index in [1.54, 1.807) is 12.1 Å². The van der Waals surface area contributed by atoms with E-state index in [-0.39, 0.29) is 5.75 Å². The lowest BCUT2D eigenvalue weighted by atomic mass is 9.69. The Morgan fingerprint density at radius 2 is 2.06 bits per heavy atom. The van der Waals surface area contributed by atoms with Gasteiger partial charge in [0.05, 0.1) is 0 Å². The Kier molecular flexibility index (Phi) is 2.58. The molecule has 4 unspecified atom stereocenters. The number of hydrogen-bond acceptors (Lipinski definition) is 2. The molecule has 18 heavy (non-hydrogen) atoms. The second-order valence-corrected chi connectivity index (χ2v) is 6.60. The van der Waals surface area contributed by atoms with Crippen molar-refractivity contribution in [1.82, 2.24) is 0 Å². The van der Waals surface area contributed by atoms with Crippen molar-refractivity contribution in [1.29, 1.82) is 0 Å². The largest absolute Gasteiger partial charge is 0.508 e. The Morgan fingerprint density at radius 3 is 2.67 bits per heavy atom. The van der Waals surface area contributed by atoms with E-state index in [0.29, 0.717) is 17.4 Å². The molecule has 0 heterocycles. The standard InChI is InChI=1S/C16H22O2/c1-10-14-7-11(16(10,2)3)8-15(14)18-13-6-4-5-12(17)9-13/h4-6,9-11,14-15,17H,7-8H2,1-3H3. The number of aromatic hydroxyl groups is 1. The van der Waals surface area contributed by atoms with Crippen LogP contribution in [0.3, 0.4) is 0 Å². The number of ether oxygens (including phenoxy) is 1.